The summed E-state index contributed by atoms with van der Waals surface area (Å²) in [6.45, 7) is 0. The summed E-state index contributed by atoms with van der Waals surface area (Å²) in [4.78, 5) is 8.45. The Labute approximate surface area is 81.0 Å². The molecule has 0 N–H and O–H groups in total. The van der Waals surface area contributed by atoms with Crippen molar-refractivity contribution in [3.05, 3.63) is 30.2 Å². The minimum Gasteiger partial charge on any atom is -0.332 e. The largest absolute Gasteiger partial charge is 0.332 e. The summed E-state index contributed by atoms with van der Waals surface area (Å²) >= 11 is 0. The molecule has 1 aliphatic rings. The molecule has 0 aliphatic heterocycles. The Morgan fingerprint density at radius 2 is 2.21 bits per heavy atom. The Morgan fingerprint density at radius 1 is 1.29 bits per heavy atom. The molecule has 1 fully saturated rings. The highest BCUT2D eigenvalue weighted by Crippen LogP contribution is 2.38. The van der Waals surface area contributed by atoms with Crippen LogP contribution >= 0.6 is 0 Å². The second kappa shape index (κ2) is 2.90. The van der Waals surface area contributed by atoms with Gasteiger partial charge in [-0.3, -0.25) is 4.98 Å². The molecule has 1 saturated carbocycles. The topological polar surface area (TPSA) is 51.8 Å². The maximum absolute atomic E-state index is 5.13. The predicted molar refractivity (Wildman–Crippen MR) is 49.5 cm³/mol. The van der Waals surface area contributed by atoms with E-state index in [0.717, 1.165) is 11.5 Å². The van der Waals surface area contributed by atoms with Gasteiger partial charge in [0.2, 0.25) is 0 Å². The van der Waals surface area contributed by atoms with Crippen LogP contribution in [0.15, 0.2) is 28.9 Å². The molecular weight excluding hydrogens is 178 g/mol. The lowest BCUT2D eigenvalue weighted by Crippen LogP contribution is -1.83. The van der Waals surface area contributed by atoms with Crippen molar-refractivity contribution in [1.29, 1.82) is 0 Å². The first kappa shape index (κ1) is 7.67. The molecule has 70 valence electrons. The molecule has 2 heterocycles. The molecule has 3 rings (SSSR count). The van der Waals surface area contributed by atoms with Crippen molar-refractivity contribution in [2.75, 3.05) is 0 Å². The maximum atomic E-state index is 5.13. The third-order valence-electron chi connectivity index (χ3n) is 2.27. The van der Waals surface area contributed by atoms with Crippen molar-refractivity contribution < 1.29 is 4.52 Å². The Hall–Kier alpha value is -1.71. The van der Waals surface area contributed by atoms with E-state index in [1.54, 1.807) is 6.20 Å². The molecule has 1 aliphatic carbocycles. The molecule has 2 aromatic heterocycles. The zero-order valence-corrected chi connectivity index (χ0v) is 7.55. The molecule has 4 heteroatoms. The highest BCUT2D eigenvalue weighted by molar-refractivity contribution is 5.45. The highest BCUT2D eigenvalue weighted by Gasteiger charge is 2.29. The van der Waals surface area contributed by atoms with E-state index in [1.165, 1.54) is 12.8 Å². The SMILES string of the molecule is c1ccc(-c2nc(C3CC3)no2)nc1. The van der Waals surface area contributed by atoms with Crippen molar-refractivity contribution in [1.82, 2.24) is 15.1 Å². The van der Waals surface area contributed by atoms with E-state index >= 15 is 0 Å². The summed E-state index contributed by atoms with van der Waals surface area (Å²) in [5.74, 6) is 1.87. The van der Waals surface area contributed by atoms with Gasteiger partial charge >= 0.3 is 0 Å². The van der Waals surface area contributed by atoms with E-state index in [9.17, 15) is 0 Å². The molecular formula is C10H9N3O. The van der Waals surface area contributed by atoms with Crippen LogP contribution < -0.4 is 0 Å². The molecule has 0 spiro atoms. The van der Waals surface area contributed by atoms with Crippen LogP contribution in [0.2, 0.25) is 0 Å². The van der Waals surface area contributed by atoms with Gasteiger partial charge in [0.15, 0.2) is 5.82 Å². The first-order valence-corrected chi connectivity index (χ1v) is 4.68. The van der Waals surface area contributed by atoms with Crippen LogP contribution in [0.4, 0.5) is 0 Å². The second-order valence-corrected chi connectivity index (χ2v) is 3.45. The Morgan fingerprint density at radius 3 is 2.93 bits per heavy atom. The average molecular weight is 187 g/mol. The van der Waals surface area contributed by atoms with Gasteiger partial charge in [0.05, 0.1) is 0 Å². The fraction of sp³-hybridized carbons (Fsp3) is 0.300. The van der Waals surface area contributed by atoms with E-state index in [0.29, 0.717) is 11.8 Å². The third-order valence-corrected chi connectivity index (χ3v) is 2.27. The summed E-state index contributed by atoms with van der Waals surface area (Å²) in [5, 5.41) is 3.93. The zero-order valence-electron chi connectivity index (χ0n) is 7.55. The molecule has 0 unspecified atom stereocenters. The van der Waals surface area contributed by atoms with Crippen LogP contribution in [0.3, 0.4) is 0 Å². The Kier molecular flexibility index (Phi) is 1.59. The van der Waals surface area contributed by atoms with Crippen LogP contribution in [0.25, 0.3) is 11.6 Å². The number of hydrogen-bond acceptors (Lipinski definition) is 4. The minimum absolute atomic E-state index is 0.521. The van der Waals surface area contributed by atoms with Crippen molar-refractivity contribution in [3.8, 4) is 11.6 Å². The van der Waals surface area contributed by atoms with Crippen LogP contribution in [0.5, 0.6) is 0 Å². The van der Waals surface area contributed by atoms with Crippen molar-refractivity contribution in [2.45, 2.75) is 18.8 Å². The van der Waals surface area contributed by atoms with Gasteiger partial charge < -0.3 is 4.52 Å². The minimum atomic E-state index is 0.521. The lowest BCUT2D eigenvalue weighted by molar-refractivity contribution is 0.421. The monoisotopic (exact) mass is 187 g/mol. The first-order chi connectivity index (χ1) is 6.93. The fourth-order valence-electron chi connectivity index (χ4n) is 1.34. The fourth-order valence-corrected chi connectivity index (χ4v) is 1.34. The van der Waals surface area contributed by atoms with E-state index in [4.69, 9.17) is 4.52 Å². The van der Waals surface area contributed by atoms with Crippen LogP contribution in [-0.2, 0) is 0 Å². The number of nitrogens with zero attached hydrogens (tertiary/aromatic N) is 3. The number of hydrogen-bond donors (Lipinski definition) is 0. The number of pyridine rings is 1. The molecule has 0 radical (unpaired) electrons. The molecule has 2 aromatic rings. The van der Waals surface area contributed by atoms with Gasteiger partial charge in [-0.25, -0.2) is 0 Å². The second-order valence-electron chi connectivity index (χ2n) is 3.45. The summed E-state index contributed by atoms with van der Waals surface area (Å²) in [6, 6.07) is 5.63. The zero-order chi connectivity index (χ0) is 9.38. The van der Waals surface area contributed by atoms with Crippen LogP contribution in [0, 0.1) is 0 Å². The summed E-state index contributed by atoms with van der Waals surface area (Å²) in [6.07, 6.45) is 4.08. The van der Waals surface area contributed by atoms with E-state index in [-0.39, 0.29) is 0 Å². The smallest absolute Gasteiger partial charge is 0.276 e. The third kappa shape index (κ3) is 1.28. The quantitative estimate of drug-likeness (QED) is 0.721. The van der Waals surface area contributed by atoms with Gasteiger partial charge in [0, 0.05) is 12.1 Å². The molecule has 0 aromatic carbocycles. The van der Waals surface area contributed by atoms with Gasteiger partial charge in [-0.05, 0) is 25.0 Å². The summed E-state index contributed by atoms with van der Waals surface area (Å²) in [7, 11) is 0. The highest BCUT2D eigenvalue weighted by atomic mass is 16.5. The van der Waals surface area contributed by atoms with Gasteiger partial charge in [-0.15, -0.1) is 0 Å². The molecule has 14 heavy (non-hydrogen) atoms. The summed E-state index contributed by atoms with van der Waals surface area (Å²) < 4.78 is 5.13. The van der Waals surface area contributed by atoms with Gasteiger partial charge in [-0.2, -0.15) is 4.98 Å². The van der Waals surface area contributed by atoms with Gasteiger partial charge in [-0.1, -0.05) is 11.2 Å². The number of aromatic nitrogens is 3. The van der Waals surface area contributed by atoms with Crippen molar-refractivity contribution in [2.24, 2.45) is 0 Å². The van der Waals surface area contributed by atoms with E-state index in [1.807, 2.05) is 18.2 Å². The van der Waals surface area contributed by atoms with Gasteiger partial charge in [0.25, 0.3) is 5.89 Å². The van der Waals surface area contributed by atoms with Crippen molar-refractivity contribution in [3.63, 3.8) is 0 Å². The summed E-state index contributed by atoms with van der Waals surface area (Å²) in [5.41, 5.74) is 0.743. The predicted octanol–water partition coefficient (Wildman–Crippen LogP) is 2.01. The first-order valence-electron chi connectivity index (χ1n) is 4.68. The Bertz CT molecular complexity index is 434. The van der Waals surface area contributed by atoms with E-state index < -0.39 is 0 Å². The van der Waals surface area contributed by atoms with Crippen molar-refractivity contribution >= 4 is 0 Å². The maximum Gasteiger partial charge on any atom is 0.276 e. The van der Waals surface area contributed by atoms with E-state index in [2.05, 4.69) is 15.1 Å². The number of rotatable bonds is 2. The van der Waals surface area contributed by atoms with Crippen LogP contribution in [0.1, 0.15) is 24.6 Å². The molecule has 0 bridgehead atoms. The molecule has 4 nitrogen and oxygen atoms in total. The van der Waals surface area contributed by atoms with Crippen LogP contribution in [-0.4, -0.2) is 15.1 Å². The Balaban J connectivity index is 1.96. The normalized spacial score (nSPS) is 15.7. The lowest BCUT2D eigenvalue weighted by atomic mass is 10.3. The lowest BCUT2D eigenvalue weighted by Gasteiger charge is -1.89. The molecule has 0 amide bonds. The standard InChI is InChI=1S/C10H9N3O/c1-2-6-11-8(3-1)10-12-9(13-14-10)7-4-5-7/h1-3,6-7H,4-5H2. The molecule has 0 saturated heterocycles. The average Bonchev–Trinajstić information content (AvgIpc) is 2.98. The van der Waals surface area contributed by atoms with Gasteiger partial charge in [0.1, 0.15) is 5.69 Å². The molecule has 0 atom stereocenters.